The van der Waals surface area contributed by atoms with Crippen molar-refractivity contribution < 1.29 is 23.8 Å². The Morgan fingerprint density at radius 2 is 2.07 bits per heavy atom. The van der Waals surface area contributed by atoms with Crippen LogP contribution in [-0.2, 0) is 20.7 Å². The number of hydrogen-bond donors (Lipinski definition) is 2. The first-order valence-corrected chi connectivity index (χ1v) is 8.64. The van der Waals surface area contributed by atoms with Gasteiger partial charge in [-0.2, -0.15) is 0 Å². The number of fused-ring (bicyclic) bond motifs is 1. The van der Waals surface area contributed by atoms with Crippen molar-refractivity contribution in [3.8, 4) is 5.75 Å². The minimum absolute atomic E-state index is 0.247. The van der Waals surface area contributed by atoms with Gasteiger partial charge in [0.1, 0.15) is 24.0 Å². The maximum absolute atomic E-state index is 12.1. The molecule has 7 nitrogen and oxygen atoms in total. The molecule has 0 saturated heterocycles. The highest BCUT2D eigenvalue weighted by atomic mass is 16.6. The first-order chi connectivity index (χ1) is 12.7. The molecule has 0 fully saturated rings. The number of methoxy groups -OCH3 is 1. The van der Waals surface area contributed by atoms with Gasteiger partial charge in [-0.1, -0.05) is 12.7 Å². The van der Waals surface area contributed by atoms with Crippen LogP contribution in [0.25, 0.3) is 10.9 Å². The van der Waals surface area contributed by atoms with Crippen molar-refractivity contribution in [3.63, 3.8) is 0 Å². The molecule has 0 saturated carbocycles. The molecule has 1 heterocycles. The summed E-state index contributed by atoms with van der Waals surface area (Å²) >= 11 is 0. The molecule has 0 aliphatic carbocycles. The molecule has 1 aromatic heterocycles. The van der Waals surface area contributed by atoms with Crippen LogP contribution < -0.4 is 10.1 Å². The molecular weight excluding hydrogens is 348 g/mol. The van der Waals surface area contributed by atoms with Gasteiger partial charge in [-0.05, 0) is 44.5 Å². The third-order valence-electron chi connectivity index (χ3n) is 3.71. The molecule has 2 rings (SSSR count). The average Bonchev–Trinajstić information content (AvgIpc) is 2.99. The fourth-order valence-corrected chi connectivity index (χ4v) is 2.58. The van der Waals surface area contributed by atoms with E-state index in [-0.39, 0.29) is 6.42 Å². The zero-order valence-electron chi connectivity index (χ0n) is 16.1. The van der Waals surface area contributed by atoms with Gasteiger partial charge in [0, 0.05) is 23.5 Å². The van der Waals surface area contributed by atoms with E-state index in [4.69, 9.17) is 14.2 Å². The maximum Gasteiger partial charge on any atom is 0.408 e. The summed E-state index contributed by atoms with van der Waals surface area (Å²) in [6, 6.07) is 4.75. The fraction of sp³-hybridized carbons (Fsp3) is 0.400. The summed E-state index contributed by atoms with van der Waals surface area (Å²) in [7, 11) is 1.28. The molecule has 1 amide bonds. The van der Waals surface area contributed by atoms with E-state index in [1.165, 1.54) is 7.11 Å². The normalized spacial score (nSPS) is 12.3. The van der Waals surface area contributed by atoms with Gasteiger partial charge in [0.25, 0.3) is 0 Å². The van der Waals surface area contributed by atoms with Crippen molar-refractivity contribution in [2.24, 2.45) is 0 Å². The van der Waals surface area contributed by atoms with Crippen LogP contribution in [0.4, 0.5) is 4.79 Å². The molecule has 1 aromatic carbocycles. The molecule has 7 heteroatoms. The first kappa shape index (κ1) is 20.4. The van der Waals surface area contributed by atoms with Crippen molar-refractivity contribution in [1.82, 2.24) is 10.3 Å². The Morgan fingerprint density at radius 3 is 2.70 bits per heavy atom. The van der Waals surface area contributed by atoms with Gasteiger partial charge in [-0.15, -0.1) is 0 Å². The Hall–Kier alpha value is -2.96. The van der Waals surface area contributed by atoms with E-state index >= 15 is 0 Å². The molecule has 146 valence electrons. The summed E-state index contributed by atoms with van der Waals surface area (Å²) in [5.74, 6) is 0.146. The minimum atomic E-state index is -0.874. The predicted octanol–water partition coefficient (Wildman–Crippen LogP) is 3.34. The zero-order valence-corrected chi connectivity index (χ0v) is 16.1. The number of alkyl carbamates (subject to hydrolysis) is 1. The predicted molar refractivity (Wildman–Crippen MR) is 103 cm³/mol. The lowest BCUT2D eigenvalue weighted by Gasteiger charge is -2.22. The molecule has 0 aliphatic heterocycles. The van der Waals surface area contributed by atoms with Crippen LogP contribution in [0.15, 0.2) is 37.1 Å². The number of ether oxygens (including phenoxy) is 3. The smallest absolute Gasteiger partial charge is 0.408 e. The van der Waals surface area contributed by atoms with Crippen LogP contribution in [0.2, 0.25) is 0 Å². The topological polar surface area (TPSA) is 89.6 Å². The Kier molecular flexibility index (Phi) is 6.50. The molecule has 0 unspecified atom stereocenters. The van der Waals surface area contributed by atoms with Gasteiger partial charge in [-0.25, -0.2) is 9.59 Å². The molecular formula is C20H26N2O5. The van der Waals surface area contributed by atoms with Crippen molar-refractivity contribution in [3.05, 3.63) is 42.6 Å². The monoisotopic (exact) mass is 374 g/mol. The van der Waals surface area contributed by atoms with Crippen molar-refractivity contribution >= 4 is 23.0 Å². The summed E-state index contributed by atoms with van der Waals surface area (Å²) in [5.41, 5.74) is 1.08. The van der Waals surface area contributed by atoms with Crippen LogP contribution in [-0.4, -0.2) is 42.4 Å². The van der Waals surface area contributed by atoms with Crippen LogP contribution >= 0.6 is 0 Å². The molecule has 2 N–H and O–H groups in total. The van der Waals surface area contributed by atoms with Crippen LogP contribution in [0.1, 0.15) is 26.3 Å². The van der Waals surface area contributed by atoms with E-state index in [0.717, 1.165) is 16.5 Å². The van der Waals surface area contributed by atoms with E-state index in [0.29, 0.717) is 12.4 Å². The third kappa shape index (κ3) is 5.77. The van der Waals surface area contributed by atoms with Crippen molar-refractivity contribution in [1.29, 1.82) is 0 Å². The summed E-state index contributed by atoms with van der Waals surface area (Å²) < 4.78 is 15.6. The van der Waals surface area contributed by atoms with E-state index in [2.05, 4.69) is 16.9 Å². The number of aromatic amines is 1. The summed E-state index contributed by atoms with van der Waals surface area (Å²) in [6.45, 7) is 9.29. The van der Waals surface area contributed by atoms with E-state index < -0.39 is 23.7 Å². The van der Waals surface area contributed by atoms with E-state index in [1.807, 2.05) is 18.2 Å². The highest BCUT2D eigenvalue weighted by molar-refractivity contribution is 5.87. The highest BCUT2D eigenvalue weighted by Crippen LogP contribution is 2.25. The number of aromatic nitrogens is 1. The number of benzene rings is 1. The average molecular weight is 374 g/mol. The molecule has 27 heavy (non-hydrogen) atoms. The van der Waals surface area contributed by atoms with E-state index in [1.54, 1.807) is 33.0 Å². The lowest BCUT2D eigenvalue weighted by atomic mass is 10.0. The van der Waals surface area contributed by atoms with Gasteiger partial charge in [-0.3, -0.25) is 0 Å². The number of carbonyl (C=O) groups excluding carboxylic acids is 2. The third-order valence-corrected chi connectivity index (χ3v) is 3.71. The van der Waals surface area contributed by atoms with Crippen LogP contribution in [0.5, 0.6) is 5.75 Å². The quantitative estimate of drug-likeness (QED) is 0.573. The Bertz CT molecular complexity index is 819. The summed E-state index contributed by atoms with van der Waals surface area (Å²) in [4.78, 5) is 27.4. The first-order valence-electron chi connectivity index (χ1n) is 8.64. The van der Waals surface area contributed by atoms with Crippen LogP contribution in [0, 0.1) is 0 Å². The Morgan fingerprint density at radius 1 is 1.33 bits per heavy atom. The van der Waals surface area contributed by atoms with Gasteiger partial charge in [0.2, 0.25) is 0 Å². The summed E-state index contributed by atoms with van der Waals surface area (Å²) in [5, 5.41) is 3.48. The van der Waals surface area contributed by atoms with Crippen molar-refractivity contribution in [2.75, 3.05) is 13.7 Å². The number of hydrogen-bond acceptors (Lipinski definition) is 5. The van der Waals surface area contributed by atoms with Crippen molar-refractivity contribution in [2.45, 2.75) is 38.8 Å². The van der Waals surface area contributed by atoms with E-state index in [9.17, 15) is 9.59 Å². The molecule has 2 aromatic rings. The molecule has 0 bridgehead atoms. The van der Waals surface area contributed by atoms with Crippen LogP contribution in [0.3, 0.4) is 0 Å². The second-order valence-electron chi connectivity index (χ2n) is 7.05. The zero-order chi connectivity index (χ0) is 20.0. The Balaban J connectivity index is 2.22. The number of carbonyl (C=O) groups is 2. The lowest BCUT2D eigenvalue weighted by molar-refractivity contribution is -0.143. The van der Waals surface area contributed by atoms with Gasteiger partial charge < -0.3 is 24.5 Å². The number of esters is 1. The van der Waals surface area contributed by atoms with Gasteiger partial charge in [0.15, 0.2) is 0 Å². The summed E-state index contributed by atoms with van der Waals surface area (Å²) in [6.07, 6.45) is 3.04. The van der Waals surface area contributed by atoms with Gasteiger partial charge in [0.05, 0.1) is 7.11 Å². The number of amides is 1. The molecule has 1 atom stereocenters. The minimum Gasteiger partial charge on any atom is -0.490 e. The largest absolute Gasteiger partial charge is 0.490 e. The molecule has 0 spiro atoms. The SMILES string of the molecule is C=CCOc1ccc2[nH]cc(C[C@H](NC(=O)OC(C)(C)C)C(=O)OC)c2c1. The number of H-pyrrole nitrogens is 1. The fourth-order valence-electron chi connectivity index (χ4n) is 2.58. The van der Waals surface area contributed by atoms with Gasteiger partial charge >= 0.3 is 12.1 Å². The number of rotatable bonds is 7. The lowest BCUT2D eigenvalue weighted by Crippen LogP contribution is -2.45. The Labute approximate surface area is 158 Å². The highest BCUT2D eigenvalue weighted by Gasteiger charge is 2.26. The standard InChI is InChI=1S/C20H26N2O5/c1-6-9-26-14-7-8-16-15(11-14)13(12-21-16)10-17(18(23)25-5)22-19(24)27-20(2,3)4/h6-8,11-12,17,21H,1,9-10H2,2-5H3,(H,22,24)/t17-/m0/s1. The second-order valence-corrected chi connectivity index (χ2v) is 7.05. The molecule has 0 radical (unpaired) electrons. The molecule has 0 aliphatic rings. The number of nitrogens with one attached hydrogen (secondary N) is 2. The maximum atomic E-state index is 12.1. The second kappa shape index (κ2) is 8.62.